The van der Waals surface area contributed by atoms with Crippen LogP contribution in [0.1, 0.15) is 27.2 Å². The molecule has 0 spiro atoms. The van der Waals surface area contributed by atoms with Crippen molar-refractivity contribution >= 4 is 23.4 Å². The van der Waals surface area contributed by atoms with E-state index in [1.54, 1.807) is 11.8 Å². The zero-order valence-electron chi connectivity index (χ0n) is 11.6. The van der Waals surface area contributed by atoms with Gasteiger partial charge in [0, 0.05) is 24.4 Å². The predicted octanol–water partition coefficient (Wildman–Crippen LogP) is 3.74. The van der Waals surface area contributed by atoms with Gasteiger partial charge in [0.15, 0.2) is 23.3 Å². The van der Waals surface area contributed by atoms with Crippen molar-refractivity contribution in [2.75, 3.05) is 28.7 Å². The number of aromatic nitrogens is 1. The van der Waals surface area contributed by atoms with E-state index in [0.717, 1.165) is 24.0 Å². The molecule has 1 aromatic rings. The monoisotopic (exact) mass is 289 g/mol. The minimum absolute atomic E-state index is 0.0800. The summed E-state index contributed by atoms with van der Waals surface area (Å²) in [5.41, 5.74) is 0. The molecule has 0 aliphatic carbocycles. The molecule has 0 fully saturated rings. The van der Waals surface area contributed by atoms with Gasteiger partial charge in [-0.1, -0.05) is 13.8 Å². The molecular weight excluding hydrogens is 268 g/mol. The van der Waals surface area contributed by atoms with Gasteiger partial charge in [0.05, 0.1) is 0 Å². The van der Waals surface area contributed by atoms with Gasteiger partial charge in [0.25, 0.3) is 0 Å². The summed E-state index contributed by atoms with van der Waals surface area (Å²) in [6, 6.07) is 0.948. The van der Waals surface area contributed by atoms with Crippen LogP contribution in [-0.4, -0.2) is 29.1 Å². The van der Waals surface area contributed by atoms with Crippen LogP contribution in [0, 0.1) is 11.6 Å². The summed E-state index contributed by atoms with van der Waals surface area (Å²) in [7, 11) is 0. The van der Waals surface area contributed by atoms with Gasteiger partial charge < -0.3 is 10.6 Å². The molecule has 0 radical (unpaired) electrons. The summed E-state index contributed by atoms with van der Waals surface area (Å²) in [6.45, 7) is 6.60. The number of nitrogens with zero attached hydrogens (tertiary/aromatic N) is 1. The lowest BCUT2D eigenvalue weighted by Crippen LogP contribution is -2.20. The Labute approximate surface area is 117 Å². The first kappa shape index (κ1) is 16.0. The summed E-state index contributed by atoms with van der Waals surface area (Å²) >= 11 is 1.76. The standard InChI is InChI=1S/C13H21F2N3S/c1-4-6-16-12-10(14)7-11(15)13(18-12)17-9(3)8-19-5-2/h7,9H,4-6,8H2,1-3H3,(H2,16,17,18). The first-order chi connectivity index (χ1) is 9.08. The number of anilines is 2. The topological polar surface area (TPSA) is 37.0 Å². The molecule has 0 saturated carbocycles. The first-order valence-corrected chi connectivity index (χ1v) is 7.68. The summed E-state index contributed by atoms with van der Waals surface area (Å²) < 4.78 is 27.1. The summed E-state index contributed by atoms with van der Waals surface area (Å²) in [6.07, 6.45) is 0.852. The molecule has 0 aromatic carbocycles. The van der Waals surface area contributed by atoms with Gasteiger partial charge in [-0.25, -0.2) is 13.8 Å². The quantitative estimate of drug-likeness (QED) is 0.764. The molecule has 1 heterocycles. The maximum absolute atomic E-state index is 13.6. The zero-order valence-corrected chi connectivity index (χ0v) is 12.4. The average Bonchev–Trinajstić information content (AvgIpc) is 2.38. The number of hydrogen-bond donors (Lipinski definition) is 2. The van der Waals surface area contributed by atoms with Crippen LogP contribution >= 0.6 is 11.8 Å². The highest BCUT2D eigenvalue weighted by Gasteiger charge is 2.13. The Hall–Kier alpha value is -1.04. The van der Waals surface area contributed by atoms with Gasteiger partial charge in [-0.2, -0.15) is 11.8 Å². The third kappa shape index (κ3) is 5.22. The van der Waals surface area contributed by atoms with Crippen LogP contribution in [0.3, 0.4) is 0 Å². The highest BCUT2D eigenvalue weighted by molar-refractivity contribution is 7.99. The maximum Gasteiger partial charge on any atom is 0.168 e. The van der Waals surface area contributed by atoms with Crippen molar-refractivity contribution in [2.24, 2.45) is 0 Å². The molecule has 1 unspecified atom stereocenters. The number of halogens is 2. The van der Waals surface area contributed by atoms with Gasteiger partial charge >= 0.3 is 0 Å². The zero-order chi connectivity index (χ0) is 14.3. The molecule has 6 heteroatoms. The molecule has 1 atom stereocenters. The van der Waals surface area contributed by atoms with E-state index < -0.39 is 11.6 Å². The number of hydrogen-bond acceptors (Lipinski definition) is 4. The van der Waals surface area contributed by atoms with Crippen molar-refractivity contribution in [2.45, 2.75) is 33.2 Å². The van der Waals surface area contributed by atoms with Crippen molar-refractivity contribution < 1.29 is 8.78 Å². The van der Waals surface area contributed by atoms with Crippen molar-refractivity contribution in [1.29, 1.82) is 0 Å². The highest BCUT2D eigenvalue weighted by atomic mass is 32.2. The van der Waals surface area contributed by atoms with E-state index in [2.05, 4.69) is 22.5 Å². The van der Waals surface area contributed by atoms with Gasteiger partial charge in [0.2, 0.25) is 0 Å². The molecule has 108 valence electrons. The summed E-state index contributed by atoms with van der Waals surface area (Å²) in [5, 5.41) is 5.82. The Morgan fingerprint density at radius 1 is 1.26 bits per heavy atom. The first-order valence-electron chi connectivity index (χ1n) is 6.52. The Balaban J connectivity index is 2.76. The second-order valence-electron chi connectivity index (χ2n) is 4.28. The predicted molar refractivity (Wildman–Crippen MR) is 79.0 cm³/mol. The van der Waals surface area contributed by atoms with Crippen molar-refractivity contribution in [3.8, 4) is 0 Å². The fourth-order valence-corrected chi connectivity index (χ4v) is 2.18. The Morgan fingerprint density at radius 2 is 1.95 bits per heavy atom. The van der Waals surface area contributed by atoms with E-state index in [0.29, 0.717) is 6.54 Å². The van der Waals surface area contributed by atoms with E-state index in [9.17, 15) is 8.78 Å². The SMILES string of the molecule is CCCNc1nc(NC(C)CSCC)c(F)cc1F. The van der Waals surface area contributed by atoms with Gasteiger partial charge in [-0.05, 0) is 19.1 Å². The largest absolute Gasteiger partial charge is 0.368 e. The van der Waals surface area contributed by atoms with Crippen LogP contribution in [0.15, 0.2) is 6.07 Å². The maximum atomic E-state index is 13.6. The third-order valence-electron chi connectivity index (χ3n) is 2.43. The summed E-state index contributed by atoms with van der Waals surface area (Å²) in [5.74, 6) is 0.742. The molecule has 0 aliphatic rings. The fourth-order valence-electron chi connectivity index (χ4n) is 1.50. The lowest BCUT2D eigenvalue weighted by Gasteiger charge is -2.15. The van der Waals surface area contributed by atoms with E-state index in [4.69, 9.17) is 0 Å². The molecule has 1 rings (SSSR count). The van der Waals surface area contributed by atoms with Gasteiger partial charge in [-0.15, -0.1) is 0 Å². The Bertz CT molecular complexity index is 402. The lowest BCUT2D eigenvalue weighted by atomic mass is 10.3. The highest BCUT2D eigenvalue weighted by Crippen LogP contribution is 2.20. The normalized spacial score (nSPS) is 12.3. The Morgan fingerprint density at radius 3 is 2.58 bits per heavy atom. The number of thioether (sulfide) groups is 1. The van der Waals surface area contributed by atoms with Crippen LogP contribution in [0.5, 0.6) is 0 Å². The van der Waals surface area contributed by atoms with E-state index >= 15 is 0 Å². The van der Waals surface area contributed by atoms with Crippen LogP contribution in [0.25, 0.3) is 0 Å². The second kappa shape index (κ2) is 8.19. The van der Waals surface area contributed by atoms with Crippen molar-refractivity contribution in [3.05, 3.63) is 17.7 Å². The number of pyridine rings is 1. The lowest BCUT2D eigenvalue weighted by molar-refractivity contribution is 0.576. The van der Waals surface area contributed by atoms with E-state index in [1.165, 1.54) is 0 Å². The van der Waals surface area contributed by atoms with Crippen LogP contribution < -0.4 is 10.6 Å². The average molecular weight is 289 g/mol. The molecule has 0 amide bonds. The molecule has 19 heavy (non-hydrogen) atoms. The van der Waals surface area contributed by atoms with Crippen LogP contribution in [0.2, 0.25) is 0 Å². The van der Waals surface area contributed by atoms with Crippen molar-refractivity contribution in [1.82, 2.24) is 4.98 Å². The van der Waals surface area contributed by atoms with Crippen molar-refractivity contribution in [3.63, 3.8) is 0 Å². The van der Waals surface area contributed by atoms with Gasteiger partial charge in [-0.3, -0.25) is 0 Å². The number of nitrogens with one attached hydrogen (secondary N) is 2. The summed E-state index contributed by atoms with van der Waals surface area (Å²) in [4.78, 5) is 3.98. The minimum atomic E-state index is -0.660. The molecule has 3 nitrogen and oxygen atoms in total. The van der Waals surface area contributed by atoms with Gasteiger partial charge in [0.1, 0.15) is 0 Å². The molecule has 2 N–H and O–H groups in total. The van der Waals surface area contributed by atoms with Crippen LogP contribution in [0.4, 0.5) is 20.4 Å². The smallest absolute Gasteiger partial charge is 0.168 e. The molecule has 1 aromatic heterocycles. The molecule has 0 saturated heterocycles. The molecule has 0 aliphatic heterocycles. The fraction of sp³-hybridized carbons (Fsp3) is 0.615. The van der Waals surface area contributed by atoms with Crippen LogP contribution in [-0.2, 0) is 0 Å². The Kier molecular flexibility index (Phi) is 6.91. The molecule has 0 bridgehead atoms. The molecular formula is C13H21F2N3S. The minimum Gasteiger partial charge on any atom is -0.368 e. The van der Waals surface area contributed by atoms with E-state index in [-0.39, 0.29) is 17.7 Å². The van der Waals surface area contributed by atoms with E-state index in [1.807, 2.05) is 13.8 Å². The second-order valence-corrected chi connectivity index (χ2v) is 5.60. The third-order valence-corrected chi connectivity index (χ3v) is 3.57. The number of rotatable bonds is 8.